The van der Waals surface area contributed by atoms with Crippen LogP contribution in [0.1, 0.15) is 31.5 Å². The van der Waals surface area contributed by atoms with Gasteiger partial charge in [-0.3, -0.25) is 0 Å². The average molecular weight is 233 g/mol. The van der Waals surface area contributed by atoms with E-state index in [2.05, 4.69) is 10.2 Å². The Morgan fingerprint density at radius 2 is 2.06 bits per heavy atom. The minimum absolute atomic E-state index is 0.220. The predicted octanol–water partition coefficient (Wildman–Crippen LogP) is 2.35. The van der Waals surface area contributed by atoms with E-state index < -0.39 is 0 Å². The number of hydrogen-bond donors (Lipinski definition) is 1. The molecule has 0 amide bonds. The summed E-state index contributed by atoms with van der Waals surface area (Å²) in [6.07, 6.45) is 0. The van der Waals surface area contributed by atoms with Crippen LogP contribution in [0.25, 0.3) is 0 Å². The quantitative estimate of drug-likeness (QED) is 0.820. The fraction of sp³-hybridized carbons (Fsp3) is 0.333. The van der Waals surface area contributed by atoms with E-state index in [1.807, 2.05) is 26.0 Å². The van der Waals surface area contributed by atoms with Gasteiger partial charge in [0.2, 0.25) is 5.89 Å². The summed E-state index contributed by atoms with van der Waals surface area (Å²) in [4.78, 5) is 0. The number of rotatable bonds is 4. The molecule has 2 N–H and O–H groups in total. The molecule has 0 unspecified atom stereocenters. The molecular formula is C12H15N3O2. The van der Waals surface area contributed by atoms with Crippen molar-refractivity contribution in [3.8, 4) is 5.75 Å². The first kappa shape index (κ1) is 11.4. The molecule has 0 aliphatic heterocycles. The van der Waals surface area contributed by atoms with Gasteiger partial charge in [-0.15, -0.1) is 10.2 Å². The molecule has 0 bridgehead atoms. The van der Waals surface area contributed by atoms with E-state index in [4.69, 9.17) is 14.9 Å². The van der Waals surface area contributed by atoms with Crippen molar-refractivity contribution in [3.63, 3.8) is 0 Å². The van der Waals surface area contributed by atoms with Crippen LogP contribution in [0.3, 0.4) is 0 Å². The van der Waals surface area contributed by atoms with Crippen LogP contribution in [0.4, 0.5) is 5.69 Å². The second-order valence-electron chi connectivity index (χ2n) is 4.02. The molecule has 2 rings (SSSR count). The SMILES string of the molecule is CC(C)c1nnc(COc2ccccc2N)o1. The average Bonchev–Trinajstić information content (AvgIpc) is 2.77. The highest BCUT2D eigenvalue weighted by Crippen LogP contribution is 2.21. The Balaban J connectivity index is 2.00. The zero-order valence-corrected chi connectivity index (χ0v) is 9.88. The Morgan fingerprint density at radius 3 is 2.71 bits per heavy atom. The third-order valence-corrected chi connectivity index (χ3v) is 2.25. The van der Waals surface area contributed by atoms with Crippen LogP contribution in [0.2, 0.25) is 0 Å². The normalized spacial score (nSPS) is 10.8. The lowest BCUT2D eigenvalue weighted by Gasteiger charge is -2.05. The van der Waals surface area contributed by atoms with Crippen molar-refractivity contribution in [2.75, 3.05) is 5.73 Å². The summed E-state index contributed by atoms with van der Waals surface area (Å²) < 4.78 is 10.9. The monoisotopic (exact) mass is 233 g/mol. The second-order valence-corrected chi connectivity index (χ2v) is 4.02. The maximum Gasteiger partial charge on any atom is 0.253 e. The summed E-state index contributed by atoms with van der Waals surface area (Å²) >= 11 is 0. The number of hydrogen-bond acceptors (Lipinski definition) is 5. The standard InChI is InChI=1S/C12H15N3O2/c1-8(2)12-15-14-11(17-12)7-16-10-6-4-3-5-9(10)13/h3-6,8H,7,13H2,1-2H3. The van der Waals surface area contributed by atoms with Gasteiger partial charge in [-0.1, -0.05) is 26.0 Å². The lowest BCUT2D eigenvalue weighted by atomic mass is 10.2. The summed E-state index contributed by atoms with van der Waals surface area (Å²) in [5, 5.41) is 7.82. The lowest BCUT2D eigenvalue weighted by molar-refractivity contribution is 0.258. The molecule has 5 heteroatoms. The molecule has 0 saturated heterocycles. The van der Waals surface area contributed by atoms with E-state index in [0.717, 1.165) is 0 Å². The van der Waals surface area contributed by atoms with Crippen LogP contribution in [0, 0.1) is 0 Å². The van der Waals surface area contributed by atoms with E-state index in [9.17, 15) is 0 Å². The van der Waals surface area contributed by atoms with Crippen LogP contribution in [0.15, 0.2) is 28.7 Å². The van der Waals surface area contributed by atoms with Gasteiger partial charge in [-0.25, -0.2) is 0 Å². The number of nitrogens with two attached hydrogens (primary N) is 1. The molecule has 1 aromatic heterocycles. The highest BCUT2D eigenvalue weighted by atomic mass is 16.5. The van der Waals surface area contributed by atoms with Crippen molar-refractivity contribution in [2.24, 2.45) is 0 Å². The molecule has 2 aromatic rings. The number of para-hydroxylation sites is 2. The molecule has 0 aliphatic rings. The van der Waals surface area contributed by atoms with Crippen molar-refractivity contribution in [1.29, 1.82) is 0 Å². The van der Waals surface area contributed by atoms with Gasteiger partial charge >= 0.3 is 0 Å². The van der Waals surface area contributed by atoms with Gasteiger partial charge in [0.15, 0.2) is 6.61 Å². The van der Waals surface area contributed by atoms with Crippen molar-refractivity contribution < 1.29 is 9.15 Å². The van der Waals surface area contributed by atoms with Crippen LogP contribution in [-0.4, -0.2) is 10.2 Å². The van der Waals surface area contributed by atoms with Crippen LogP contribution >= 0.6 is 0 Å². The lowest BCUT2D eigenvalue weighted by Crippen LogP contribution is -1.98. The van der Waals surface area contributed by atoms with E-state index in [0.29, 0.717) is 23.2 Å². The topological polar surface area (TPSA) is 74.2 Å². The van der Waals surface area contributed by atoms with Crippen molar-refractivity contribution in [1.82, 2.24) is 10.2 Å². The summed E-state index contributed by atoms with van der Waals surface area (Å²) in [5.74, 6) is 1.91. The number of benzene rings is 1. The van der Waals surface area contributed by atoms with Gasteiger partial charge in [0.1, 0.15) is 5.75 Å². The number of anilines is 1. The van der Waals surface area contributed by atoms with Gasteiger partial charge in [0.05, 0.1) is 5.69 Å². The van der Waals surface area contributed by atoms with Gasteiger partial charge < -0.3 is 14.9 Å². The molecule has 90 valence electrons. The molecule has 0 atom stereocenters. The Kier molecular flexibility index (Phi) is 3.27. The smallest absolute Gasteiger partial charge is 0.253 e. The molecule has 17 heavy (non-hydrogen) atoms. The molecule has 5 nitrogen and oxygen atoms in total. The molecule has 0 spiro atoms. The molecule has 0 saturated carbocycles. The summed E-state index contributed by atoms with van der Waals surface area (Å²) in [5.41, 5.74) is 6.34. The highest BCUT2D eigenvalue weighted by Gasteiger charge is 2.10. The zero-order chi connectivity index (χ0) is 12.3. The number of aromatic nitrogens is 2. The predicted molar refractivity (Wildman–Crippen MR) is 63.6 cm³/mol. The fourth-order valence-electron chi connectivity index (χ4n) is 1.31. The maximum atomic E-state index is 5.75. The molecule has 1 heterocycles. The molecular weight excluding hydrogens is 218 g/mol. The van der Waals surface area contributed by atoms with E-state index in [1.165, 1.54) is 0 Å². The minimum atomic E-state index is 0.220. The maximum absolute atomic E-state index is 5.75. The van der Waals surface area contributed by atoms with Gasteiger partial charge in [-0.2, -0.15) is 0 Å². The van der Waals surface area contributed by atoms with E-state index in [-0.39, 0.29) is 12.5 Å². The zero-order valence-electron chi connectivity index (χ0n) is 9.88. The second kappa shape index (κ2) is 4.86. The summed E-state index contributed by atoms with van der Waals surface area (Å²) in [6, 6.07) is 7.29. The Labute approximate surface area is 99.6 Å². The third-order valence-electron chi connectivity index (χ3n) is 2.25. The van der Waals surface area contributed by atoms with Crippen LogP contribution < -0.4 is 10.5 Å². The first-order valence-electron chi connectivity index (χ1n) is 5.46. The van der Waals surface area contributed by atoms with Gasteiger partial charge in [0.25, 0.3) is 5.89 Å². The first-order chi connectivity index (χ1) is 8.16. The molecule has 1 aromatic carbocycles. The van der Waals surface area contributed by atoms with E-state index in [1.54, 1.807) is 12.1 Å². The molecule has 0 radical (unpaired) electrons. The summed E-state index contributed by atoms with van der Waals surface area (Å²) in [6.45, 7) is 4.22. The number of nitrogen functional groups attached to an aromatic ring is 1. The van der Waals surface area contributed by atoms with Crippen LogP contribution in [0.5, 0.6) is 5.75 Å². The van der Waals surface area contributed by atoms with Gasteiger partial charge in [-0.05, 0) is 12.1 Å². The third kappa shape index (κ3) is 2.75. The van der Waals surface area contributed by atoms with Crippen molar-refractivity contribution in [2.45, 2.75) is 26.4 Å². The van der Waals surface area contributed by atoms with Gasteiger partial charge in [0, 0.05) is 5.92 Å². The molecule has 0 fully saturated rings. The Bertz CT molecular complexity index is 494. The highest BCUT2D eigenvalue weighted by molar-refractivity contribution is 5.51. The number of nitrogens with zero attached hydrogens (tertiary/aromatic N) is 2. The summed E-state index contributed by atoms with van der Waals surface area (Å²) in [7, 11) is 0. The Hall–Kier alpha value is -2.04. The Morgan fingerprint density at radius 1 is 1.29 bits per heavy atom. The largest absolute Gasteiger partial charge is 0.482 e. The van der Waals surface area contributed by atoms with Crippen molar-refractivity contribution in [3.05, 3.63) is 36.0 Å². The first-order valence-corrected chi connectivity index (χ1v) is 5.46. The van der Waals surface area contributed by atoms with Crippen LogP contribution in [-0.2, 0) is 6.61 Å². The number of ether oxygens (including phenoxy) is 1. The van der Waals surface area contributed by atoms with E-state index >= 15 is 0 Å². The van der Waals surface area contributed by atoms with Crippen molar-refractivity contribution >= 4 is 5.69 Å². The fourth-order valence-corrected chi connectivity index (χ4v) is 1.31. The minimum Gasteiger partial charge on any atom is -0.482 e. The molecule has 0 aliphatic carbocycles.